The Balaban J connectivity index is 1.91. The number of hydrogen-bond acceptors (Lipinski definition) is 2. The predicted molar refractivity (Wildman–Crippen MR) is 79.8 cm³/mol. The molecule has 7 heteroatoms. The molecule has 0 bridgehead atoms. The number of carbonyl (C=O) groups excluding carboxylic acids is 1. The van der Waals surface area contributed by atoms with Crippen LogP contribution in [0.4, 0.5) is 17.6 Å². The molecular weight excluding hydrogens is 326 g/mol. The molecule has 2 aromatic carbocycles. The predicted octanol–water partition coefficient (Wildman–Crippen LogP) is 3.93. The van der Waals surface area contributed by atoms with E-state index in [4.69, 9.17) is 4.74 Å². The molecule has 0 heterocycles. The van der Waals surface area contributed by atoms with Crippen molar-refractivity contribution in [3.05, 3.63) is 65.5 Å². The van der Waals surface area contributed by atoms with Crippen molar-refractivity contribution in [3.63, 3.8) is 0 Å². The molecular formula is C17H15F4NO2. The van der Waals surface area contributed by atoms with Gasteiger partial charge in [-0.25, -0.2) is 4.39 Å². The van der Waals surface area contributed by atoms with Gasteiger partial charge in [0.1, 0.15) is 11.6 Å². The van der Waals surface area contributed by atoms with Crippen LogP contribution in [-0.4, -0.2) is 12.0 Å². The van der Waals surface area contributed by atoms with E-state index in [0.29, 0.717) is 11.3 Å². The number of benzene rings is 2. The first kappa shape index (κ1) is 17.8. The summed E-state index contributed by atoms with van der Waals surface area (Å²) < 4.78 is 56.0. The maximum absolute atomic E-state index is 12.8. The van der Waals surface area contributed by atoms with Crippen molar-refractivity contribution >= 4 is 5.91 Å². The van der Waals surface area contributed by atoms with Crippen LogP contribution in [0.5, 0.6) is 5.75 Å². The third kappa shape index (κ3) is 4.97. The minimum atomic E-state index is -4.43. The van der Waals surface area contributed by atoms with E-state index < -0.39 is 29.6 Å². The highest BCUT2D eigenvalue weighted by Gasteiger charge is 2.30. The minimum Gasteiger partial charge on any atom is -0.481 e. The summed E-state index contributed by atoms with van der Waals surface area (Å²) in [5.74, 6) is -0.598. The smallest absolute Gasteiger partial charge is 0.416 e. The zero-order valence-corrected chi connectivity index (χ0v) is 12.7. The van der Waals surface area contributed by atoms with Crippen LogP contribution < -0.4 is 10.1 Å². The lowest BCUT2D eigenvalue weighted by molar-refractivity contribution is -0.137. The second kappa shape index (κ2) is 7.33. The topological polar surface area (TPSA) is 38.3 Å². The second-order valence-corrected chi connectivity index (χ2v) is 5.13. The van der Waals surface area contributed by atoms with Gasteiger partial charge in [0.05, 0.1) is 5.56 Å². The molecule has 0 aromatic heterocycles. The Morgan fingerprint density at radius 2 is 1.83 bits per heavy atom. The monoisotopic (exact) mass is 341 g/mol. The maximum atomic E-state index is 12.8. The van der Waals surface area contributed by atoms with E-state index in [0.717, 1.165) is 12.1 Å². The normalized spacial score (nSPS) is 12.5. The Morgan fingerprint density at radius 1 is 1.17 bits per heavy atom. The number of alkyl halides is 3. The van der Waals surface area contributed by atoms with Crippen molar-refractivity contribution in [2.45, 2.75) is 25.7 Å². The molecule has 2 aromatic rings. The lowest BCUT2D eigenvalue weighted by atomic mass is 10.1. The third-order valence-corrected chi connectivity index (χ3v) is 3.22. The number of amides is 1. The molecule has 1 amide bonds. The van der Waals surface area contributed by atoms with Gasteiger partial charge in [0, 0.05) is 6.54 Å². The van der Waals surface area contributed by atoms with Gasteiger partial charge in [-0.1, -0.05) is 12.1 Å². The Kier molecular flexibility index (Phi) is 5.43. The molecule has 0 fully saturated rings. The summed E-state index contributed by atoms with van der Waals surface area (Å²) in [5, 5.41) is 2.50. The number of nitrogens with one attached hydrogen (secondary N) is 1. The molecule has 1 atom stereocenters. The average Bonchev–Trinajstić information content (AvgIpc) is 2.54. The van der Waals surface area contributed by atoms with Crippen LogP contribution in [-0.2, 0) is 17.5 Å². The van der Waals surface area contributed by atoms with Crippen LogP contribution >= 0.6 is 0 Å². The summed E-state index contributed by atoms with van der Waals surface area (Å²) >= 11 is 0. The Labute approximate surface area is 136 Å². The molecule has 0 unspecified atom stereocenters. The summed E-state index contributed by atoms with van der Waals surface area (Å²) in [4.78, 5) is 11.9. The molecule has 0 aliphatic carbocycles. The molecule has 0 aliphatic rings. The first-order valence-electron chi connectivity index (χ1n) is 7.12. The zero-order valence-electron chi connectivity index (χ0n) is 12.7. The van der Waals surface area contributed by atoms with E-state index in [2.05, 4.69) is 5.32 Å². The average molecular weight is 341 g/mol. The van der Waals surface area contributed by atoms with Gasteiger partial charge >= 0.3 is 6.18 Å². The fourth-order valence-corrected chi connectivity index (χ4v) is 1.96. The van der Waals surface area contributed by atoms with Crippen LogP contribution in [0.25, 0.3) is 0 Å². The number of hydrogen-bond donors (Lipinski definition) is 1. The summed E-state index contributed by atoms with van der Waals surface area (Å²) in [6.45, 7) is 1.44. The van der Waals surface area contributed by atoms with E-state index in [1.54, 1.807) is 0 Å². The Hall–Kier alpha value is -2.57. The first-order chi connectivity index (χ1) is 11.3. The molecule has 2 rings (SSSR count). The quantitative estimate of drug-likeness (QED) is 0.837. The van der Waals surface area contributed by atoms with E-state index in [1.165, 1.54) is 43.3 Å². The number of carbonyl (C=O) groups is 1. The molecule has 3 nitrogen and oxygen atoms in total. The molecule has 0 aliphatic heterocycles. The van der Waals surface area contributed by atoms with Crippen molar-refractivity contribution in [1.29, 1.82) is 0 Å². The second-order valence-electron chi connectivity index (χ2n) is 5.13. The van der Waals surface area contributed by atoms with Gasteiger partial charge in [-0.3, -0.25) is 4.79 Å². The van der Waals surface area contributed by atoms with E-state index in [9.17, 15) is 22.4 Å². The molecule has 24 heavy (non-hydrogen) atoms. The van der Waals surface area contributed by atoms with Crippen molar-refractivity contribution in [2.24, 2.45) is 0 Å². The van der Waals surface area contributed by atoms with Gasteiger partial charge in [0.15, 0.2) is 6.10 Å². The van der Waals surface area contributed by atoms with Crippen LogP contribution in [0.1, 0.15) is 18.1 Å². The molecule has 0 saturated carbocycles. The Bertz CT molecular complexity index is 698. The van der Waals surface area contributed by atoms with Crippen molar-refractivity contribution in [2.75, 3.05) is 0 Å². The highest BCUT2D eigenvalue weighted by molar-refractivity contribution is 5.80. The molecule has 128 valence electrons. The van der Waals surface area contributed by atoms with E-state index >= 15 is 0 Å². The fraction of sp³-hybridized carbons (Fsp3) is 0.235. The van der Waals surface area contributed by atoms with Crippen molar-refractivity contribution in [1.82, 2.24) is 5.32 Å². The van der Waals surface area contributed by atoms with E-state index in [-0.39, 0.29) is 6.54 Å². The maximum Gasteiger partial charge on any atom is 0.416 e. The summed E-state index contributed by atoms with van der Waals surface area (Å²) in [7, 11) is 0. The first-order valence-corrected chi connectivity index (χ1v) is 7.12. The lowest BCUT2D eigenvalue weighted by Gasteiger charge is -2.15. The highest BCUT2D eigenvalue weighted by Crippen LogP contribution is 2.29. The summed E-state index contributed by atoms with van der Waals surface area (Å²) in [6, 6.07) is 9.87. The van der Waals surface area contributed by atoms with E-state index in [1.807, 2.05) is 0 Å². The molecule has 1 N–H and O–H groups in total. The van der Waals surface area contributed by atoms with Gasteiger partial charge in [-0.2, -0.15) is 13.2 Å². The standard InChI is InChI=1S/C17H15F4NO2/c1-11(24-15-7-5-14(18)6-8-15)16(23)22-10-12-3-2-4-13(9-12)17(19,20)21/h2-9,11H,10H2,1H3,(H,22,23)/t11-/m0/s1. The van der Waals surface area contributed by atoms with Crippen molar-refractivity contribution in [3.8, 4) is 5.75 Å². The Morgan fingerprint density at radius 3 is 2.46 bits per heavy atom. The van der Waals surface area contributed by atoms with Crippen LogP contribution in [0.15, 0.2) is 48.5 Å². The fourth-order valence-electron chi connectivity index (χ4n) is 1.96. The van der Waals surface area contributed by atoms with Gasteiger partial charge in [0.2, 0.25) is 0 Å². The number of halogens is 4. The highest BCUT2D eigenvalue weighted by atomic mass is 19.4. The van der Waals surface area contributed by atoms with Crippen LogP contribution in [0, 0.1) is 5.82 Å². The molecule has 0 saturated heterocycles. The van der Waals surface area contributed by atoms with Gasteiger partial charge in [-0.15, -0.1) is 0 Å². The molecule has 0 spiro atoms. The molecule has 0 radical (unpaired) electrons. The largest absolute Gasteiger partial charge is 0.481 e. The number of rotatable bonds is 5. The lowest BCUT2D eigenvalue weighted by Crippen LogP contribution is -2.35. The van der Waals surface area contributed by atoms with Crippen LogP contribution in [0.2, 0.25) is 0 Å². The van der Waals surface area contributed by atoms with Gasteiger partial charge < -0.3 is 10.1 Å². The van der Waals surface area contributed by atoms with Gasteiger partial charge in [0.25, 0.3) is 5.91 Å². The van der Waals surface area contributed by atoms with Crippen LogP contribution in [0.3, 0.4) is 0 Å². The minimum absolute atomic E-state index is 0.0557. The SMILES string of the molecule is C[C@H](Oc1ccc(F)cc1)C(=O)NCc1cccc(C(F)(F)F)c1. The zero-order chi connectivity index (χ0) is 17.7. The van der Waals surface area contributed by atoms with Gasteiger partial charge in [-0.05, 0) is 48.9 Å². The van der Waals surface area contributed by atoms with Crippen molar-refractivity contribution < 1.29 is 27.1 Å². The summed E-state index contributed by atoms with van der Waals surface area (Å²) in [6.07, 6.45) is -5.31. The summed E-state index contributed by atoms with van der Waals surface area (Å²) in [5.41, 5.74) is -0.447. The number of ether oxygens (including phenoxy) is 1. The third-order valence-electron chi connectivity index (χ3n) is 3.22.